The van der Waals surface area contributed by atoms with Crippen molar-refractivity contribution in [2.75, 3.05) is 7.11 Å². The van der Waals surface area contributed by atoms with Gasteiger partial charge in [-0.25, -0.2) is 0 Å². The van der Waals surface area contributed by atoms with E-state index in [1.807, 2.05) is 18.2 Å². The summed E-state index contributed by atoms with van der Waals surface area (Å²) in [5.41, 5.74) is 7.19. The summed E-state index contributed by atoms with van der Waals surface area (Å²) in [5.74, 6) is -0.0569. The quantitative estimate of drug-likeness (QED) is 0.840. The molecule has 1 aromatic rings. The standard InChI is InChI=1S/C17H26N2O2/c1-17(2)14(11-15(17)21-3)19-16(20)13(18)10-9-12-7-5-4-6-8-12/h4-8,13-15H,9-11,18H2,1-3H3,(H,19,20)/t13-,14?,15?/m0/s1. The fourth-order valence-electron chi connectivity index (χ4n) is 2.91. The van der Waals surface area contributed by atoms with Gasteiger partial charge < -0.3 is 15.8 Å². The average Bonchev–Trinajstić information content (AvgIpc) is 2.49. The van der Waals surface area contributed by atoms with E-state index in [-0.39, 0.29) is 23.5 Å². The molecule has 0 radical (unpaired) electrons. The number of aryl methyl sites for hydroxylation is 1. The highest BCUT2D eigenvalue weighted by Crippen LogP contribution is 2.42. The fourth-order valence-corrected chi connectivity index (χ4v) is 2.91. The van der Waals surface area contributed by atoms with Crippen LogP contribution in [0.25, 0.3) is 0 Å². The minimum Gasteiger partial charge on any atom is -0.381 e. The summed E-state index contributed by atoms with van der Waals surface area (Å²) < 4.78 is 5.40. The van der Waals surface area contributed by atoms with E-state index in [2.05, 4.69) is 31.3 Å². The number of hydrogen-bond acceptors (Lipinski definition) is 3. The lowest BCUT2D eigenvalue weighted by Crippen LogP contribution is -2.63. The molecular weight excluding hydrogens is 264 g/mol. The van der Waals surface area contributed by atoms with Crippen molar-refractivity contribution in [1.82, 2.24) is 5.32 Å². The van der Waals surface area contributed by atoms with Crippen LogP contribution in [0.2, 0.25) is 0 Å². The number of carbonyl (C=O) groups excluding carboxylic acids is 1. The third kappa shape index (κ3) is 3.63. The van der Waals surface area contributed by atoms with Crippen LogP contribution in [-0.2, 0) is 16.0 Å². The van der Waals surface area contributed by atoms with Crippen molar-refractivity contribution in [3.63, 3.8) is 0 Å². The number of carbonyl (C=O) groups is 1. The lowest BCUT2D eigenvalue weighted by molar-refractivity contribution is -0.133. The molecule has 0 bridgehead atoms. The molecule has 21 heavy (non-hydrogen) atoms. The minimum absolute atomic E-state index is 0.0242. The topological polar surface area (TPSA) is 64.3 Å². The van der Waals surface area contributed by atoms with Crippen LogP contribution >= 0.6 is 0 Å². The van der Waals surface area contributed by atoms with Gasteiger partial charge in [0.05, 0.1) is 12.1 Å². The van der Waals surface area contributed by atoms with Gasteiger partial charge in [0, 0.05) is 18.6 Å². The smallest absolute Gasteiger partial charge is 0.237 e. The van der Waals surface area contributed by atoms with Gasteiger partial charge in [0.2, 0.25) is 5.91 Å². The van der Waals surface area contributed by atoms with Crippen LogP contribution in [0.15, 0.2) is 30.3 Å². The number of ether oxygens (including phenoxy) is 1. The Kier molecular flexibility index (Phi) is 5.01. The monoisotopic (exact) mass is 290 g/mol. The number of nitrogens with one attached hydrogen (secondary N) is 1. The molecule has 2 rings (SSSR count). The third-order valence-electron chi connectivity index (χ3n) is 4.70. The molecule has 1 fully saturated rings. The van der Waals surface area contributed by atoms with E-state index in [0.717, 1.165) is 12.8 Å². The molecule has 1 amide bonds. The summed E-state index contributed by atoms with van der Waals surface area (Å²) in [4.78, 5) is 12.2. The number of rotatable bonds is 6. The van der Waals surface area contributed by atoms with E-state index < -0.39 is 6.04 Å². The molecule has 0 spiro atoms. The Labute approximate surface area is 127 Å². The Bertz CT molecular complexity index is 473. The fraction of sp³-hybridized carbons (Fsp3) is 0.588. The zero-order valence-corrected chi connectivity index (χ0v) is 13.1. The first-order valence-corrected chi connectivity index (χ1v) is 7.58. The number of benzene rings is 1. The SMILES string of the molecule is COC1CC(NC(=O)[C@@H](N)CCc2ccccc2)C1(C)C. The molecule has 4 nitrogen and oxygen atoms in total. The molecule has 4 heteroatoms. The molecule has 3 N–H and O–H groups in total. The van der Waals surface area contributed by atoms with Gasteiger partial charge in [-0.05, 0) is 24.8 Å². The molecule has 1 aliphatic carbocycles. The highest BCUT2D eigenvalue weighted by Gasteiger charge is 2.49. The molecule has 0 heterocycles. The summed E-state index contributed by atoms with van der Waals surface area (Å²) in [7, 11) is 1.72. The van der Waals surface area contributed by atoms with Gasteiger partial charge in [-0.2, -0.15) is 0 Å². The number of methoxy groups -OCH3 is 1. The van der Waals surface area contributed by atoms with Crippen LogP contribution in [0.4, 0.5) is 0 Å². The molecule has 1 saturated carbocycles. The first-order valence-electron chi connectivity index (χ1n) is 7.58. The molecule has 0 aliphatic heterocycles. The zero-order valence-electron chi connectivity index (χ0n) is 13.1. The van der Waals surface area contributed by atoms with Gasteiger partial charge >= 0.3 is 0 Å². The predicted molar refractivity (Wildman–Crippen MR) is 83.9 cm³/mol. The second-order valence-electron chi connectivity index (χ2n) is 6.47. The van der Waals surface area contributed by atoms with Crippen LogP contribution < -0.4 is 11.1 Å². The summed E-state index contributed by atoms with van der Waals surface area (Å²) in [6.45, 7) is 4.23. The van der Waals surface area contributed by atoms with Crippen molar-refractivity contribution in [3.05, 3.63) is 35.9 Å². The van der Waals surface area contributed by atoms with Gasteiger partial charge in [0.1, 0.15) is 0 Å². The first-order chi connectivity index (χ1) is 9.95. The molecule has 1 aromatic carbocycles. The van der Waals surface area contributed by atoms with Gasteiger partial charge in [0.15, 0.2) is 0 Å². The first kappa shape index (κ1) is 16.0. The minimum atomic E-state index is -0.456. The van der Waals surface area contributed by atoms with E-state index in [0.29, 0.717) is 6.42 Å². The molecule has 2 unspecified atom stereocenters. The van der Waals surface area contributed by atoms with E-state index in [4.69, 9.17) is 10.5 Å². The van der Waals surface area contributed by atoms with Crippen molar-refractivity contribution in [1.29, 1.82) is 0 Å². The maximum Gasteiger partial charge on any atom is 0.237 e. The highest BCUT2D eigenvalue weighted by molar-refractivity contribution is 5.82. The van der Waals surface area contributed by atoms with Crippen LogP contribution in [0.1, 0.15) is 32.3 Å². The van der Waals surface area contributed by atoms with E-state index in [9.17, 15) is 4.79 Å². The number of nitrogens with two attached hydrogens (primary N) is 1. The van der Waals surface area contributed by atoms with Crippen molar-refractivity contribution in [2.24, 2.45) is 11.1 Å². The van der Waals surface area contributed by atoms with Crippen molar-refractivity contribution in [2.45, 2.75) is 51.3 Å². The van der Waals surface area contributed by atoms with Crippen LogP contribution in [0.3, 0.4) is 0 Å². The van der Waals surface area contributed by atoms with Gasteiger partial charge in [-0.15, -0.1) is 0 Å². The van der Waals surface area contributed by atoms with Crippen LogP contribution in [-0.4, -0.2) is 31.2 Å². The predicted octanol–water partition coefficient (Wildman–Crippen LogP) is 1.88. The second-order valence-corrected chi connectivity index (χ2v) is 6.47. The van der Waals surface area contributed by atoms with E-state index in [1.165, 1.54) is 5.56 Å². The van der Waals surface area contributed by atoms with Gasteiger partial charge in [0.25, 0.3) is 0 Å². The normalized spacial score (nSPS) is 25.0. The maximum atomic E-state index is 12.2. The largest absolute Gasteiger partial charge is 0.381 e. The molecule has 116 valence electrons. The Balaban J connectivity index is 1.78. The van der Waals surface area contributed by atoms with Crippen LogP contribution in [0.5, 0.6) is 0 Å². The summed E-state index contributed by atoms with van der Waals surface area (Å²) in [5, 5.41) is 3.06. The lowest BCUT2D eigenvalue weighted by Gasteiger charge is -2.51. The number of hydrogen-bond donors (Lipinski definition) is 2. The third-order valence-corrected chi connectivity index (χ3v) is 4.70. The molecule has 3 atom stereocenters. The summed E-state index contributed by atoms with van der Waals surface area (Å²) in [6, 6.07) is 9.80. The Morgan fingerprint density at radius 2 is 2.10 bits per heavy atom. The Morgan fingerprint density at radius 3 is 2.67 bits per heavy atom. The lowest BCUT2D eigenvalue weighted by atomic mass is 9.64. The second kappa shape index (κ2) is 6.58. The average molecular weight is 290 g/mol. The van der Waals surface area contributed by atoms with Gasteiger partial charge in [-0.1, -0.05) is 44.2 Å². The van der Waals surface area contributed by atoms with Crippen molar-refractivity contribution in [3.8, 4) is 0 Å². The van der Waals surface area contributed by atoms with E-state index >= 15 is 0 Å². The number of amides is 1. The molecular formula is C17H26N2O2. The Morgan fingerprint density at radius 1 is 1.43 bits per heavy atom. The van der Waals surface area contributed by atoms with Crippen LogP contribution in [0, 0.1) is 5.41 Å². The molecule has 1 aliphatic rings. The summed E-state index contributed by atoms with van der Waals surface area (Å²) >= 11 is 0. The highest BCUT2D eigenvalue weighted by atomic mass is 16.5. The summed E-state index contributed by atoms with van der Waals surface area (Å²) in [6.07, 6.45) is 2.56. The van der Waals surface area contributed by atoms with Crippen molar-refractivity contribution < 1.29 is 9.53 Å². The van der Waals surface area contributed by atoms with E-state index in [1.54, 1.807) is 7.11 Å². The van der Waals surface area contributed by atoms with Gasteiger partial charge in [-0.3, -0.25) is 4.79 Å². The maximum absolute atomic E-state index is 12.2. The molecule has 0 saturated heterocycles. The van der Waals surface area contributed by atoms with Crippen molar-refractivity contribution >= 4 is 5.91 Å². The Hall–Kier alpha value is -1.39. The zero-order chi connectivity index (χ0) is 15.5. The molecule has 0 aromatic heterocycles.